The van der Waals surface area contributed by atoms with Crippen LogP contribution < -0.4 is 11.1 Å². The standard InChI is InChI=1S/C14H28N4O/c1-16-14(13(15)19,11-6-7-11)10-17(2)9-12-5-4-8-18(12)3/h11-12,16H,4-10H2,1-3H3,(H2,15,19). The molecule has 5 nitrogen and oxygen atoms in total. The largest absolute Gasteiger partial charge is 0.368 e. The average Bonchev–Trinajstić information content (AvgIpc) is 3.13. The molecule has 1 saturated heterocycles. The van der Waals surface area contributed by atoms with Gasteiger partial charge in [0.2, 0.25) is 5.91 Å². The molecule has 2 fully saturated rings. The first-order valence-electron chi connectivity index (χ1n) is 7.37. The average molecular weight is 268 g/mol. The van der Waals surface area contributed by atoms with Crippen LogP contribution in [0.15, 0.2) is 0 Å². The quantitative estimate of drug-likeness (QED) is 0.675. The number of carbonyl (C=O) groups is 1. The number of nitrogens with one attached hydrogen (secondary N) is 1. The van der Waals surface area contributed by atoms with E-state index in [2.05, 4.69) is 29.2 Å². The van der Waals surface area contributed by atoms with Gasteiger partial charge in [0.1, 0.15) is 5.54 Å². The third-order valence-electron chi connectivity index (χ3n) is 4.87. The zero-order chi connectivity index (χ0) is 14.0. The Labute approximate surface area is 116 Å². The van der Waals surface area contributed by atoms with E-state index in [1.165, 1.54) is 19.4 Å². The van der Waals surface area contributed by atoms with Crippen LogP contribution in [0.1, 0.15) is 25.7 Å². The van der Waals surface area contributed by atoms with E-state index >= 15 is 0 Å². The highest BCUT2D eigenvalue weighted by Gasteiger charge is 2.49. The van der Waals surface area contributed by atoms with Gasteiger partial charge in [0.15, 0.2) is 0 Å². The number of rotatable bonds is 7. The van der Waals surface area contributed by atoms with Gasteiger partial charge in [-0.1, -0.05) is 0 Å². The maximum atomic E-state index is 11.9. The molecule has 1 saturated carbocycles. The van der Waals surface area contributed by atoms with Crippen molar-refractivity contribution in [3.63, 3.8) is 0 Å². The summed E-state index contributed by atoms with van der Waals surface area (Å²) in [6.45, 7) is 2.92. The molecule has 2 atom stereocenters. The summed E-state index contributed by atoms with van der Waals surface area (Å²) >= 11 is 0. The summed E-state index contributed by atoms with van der Waals surface area (Å²) in [5.41, 5.74) is 5.13. The highest BCUT2D eigenvalue weighted by molar-refractivity contribution is 5.85. The summed E-state index contributed by atoms with van der Waals surface area (Å²) in [6, 6.07) is 0.617. The minimum atomic E-state index is -0.536. The van der Waals surface area contributed by atoms with Crippen LogP contribution in [-0.4, -0.2) is 68.1 Å². The predicted octanol–water partition coefficient (Wildman–Crippen LogP) is -0.134. The van der Waals surface area contributed by atoms with Gasteiger partial charge in [0.25, 0.3) is 0 Å². The van der Waals surface area contributed by atoms with Crippen LogP contribution in [0.4, 0.5) is 0 Å². The normalized spacial score (nSPS) is 27.7. The van der Waals surface area contributed by atoms with Crippen LogP contribution in [0.5, 0.6) is 0 Å². The topological polar surface area (TPSA) is 61.6 Å². The maximum Gasteiger partial charge on any atom is 0.239 e. The van der Waals surface area contributed by atoms with Crippen molar-refractivity contribution in [2.24, 2.45) is 11.7 Å². The van der Waals surface area contributed by atoms with Gasteiger partial charge in [0.05, 0.1) is 0 Å². The van der Waals surface area contributed by atoms with Crippen LogP contribution in [0, 0.1) is 5.92 Å². The minimum absolute atomic E-state index is 0.205. The Kier molecular flexibility index (Phi) is 4.48. The lowest BCUT2D eigenvalue weighted by Crippen LogP contribution is -2.62. The lowest BCUT2D eigenvalue weighted by Gasteiger charge is -2.36. The van der Waals surface area contributed by atoms with Crippen LogP contribution in [-0.2, 0) is 4.79 Å². The second-order valence-electron chi connectivity index (χ2n) is 6.33. The SMILES string of the molecule is CNC(CN(C)CC1CCCN1C)(C(N)=O)C1CC1. The molecule has 0 aromatic heterocycles. The Morgan fingerprint density at radius 2 is 2.16 bits per heavy atom. The number of amides is 1. The van der Waals surface area contributed by atoms with Gasteiger partial charge in [-0.15, -0.1) is 0 Å². The predicted molar refractivity (Wildman–Crippen MR) is 76.9 cm³/mol. The molecule has 0 spiro atoms. The molecular weight excluding hydrogens is 240 g/mol. The molecule has 0 radical (unpaired) electrons. The number of hydrogen-bond donors (Lipinski definition) is 2. The third-order valence-corrected chi connectivity index (χ3v) is 4.87. The first-order valence-corrected chi connectivity index (χ1v) is 7.37. The van der Waals surface area contributed by atoms with Gasteiger partial charge in [-0.05, 0) is 59.3 Å². The van der Waals surface area contributed by atoms with E-state index in [0.29, 0.717) is 18.5 Å². The second kappa shape index (κ2) is 5.77. The zero-order valence-corrected chi connectivity index (χ0v) is 12.5. The molecule has 19 heavy (non-hydrogen) atoms. The van der Waals surface area contributed by atoms with Crippen LogP contribution in [0.3, 0.4) is 0 Å². The zero-order valence-electron chi connectivity index (χ0n) is 12.5. The third kappa shape index (κ3) is 3.09. The first-order chi connectivity index (χ1) is 8.99. The van der Waals surface area contributed by atoms with Gasteiger partial charge in [0, 0.05) is 19.1 Å². The summed E-state index contributed by atoms with van der Waals surface area (Å²) in [5, 5.41) is 3.21. The molecule has 1 aliphatic carbocycles. The van der Waals surface area contributed by atoms with E-state index in [4.69, 9.17) is 5.73 Å². The molecule has 5 heteroatoms. The Bertz CT molecular complexity index is 331. The summed E-state index contributed by atoms with van der Waals surface area (Å²) in [5.74, 6) is 0.211. The second-order valence-corrected chi connectivity index (χ2v) is 6.33. The molecule has 2 rings (SSSR count). The molecule has 0 bridgehead atoms. The van der Waals surface area contributed by atoms with E-state index in [0.717, 1.165) is 19.4 Å². The van der Waals surface area contributed by atoms with E-state index in [9.17, 15) is 4.79 Å². The van der Waals surface area contributed by atoms with Crippen molar-refractivity contribution in [2.45, 2.75) is 37.3 Å². The van der Waals surface area contributed by atoms with Crippen molar-refractivity contribution in [3.05, 3.63) is 0 Å². The van der Waals surface area contributed by atoms with E-state index in [1.807, 2.05) is 7.05 Å². The molecule has 1 heterocycles. The fraction of sp³-hybridized carbons (Fsp3) is 0.929. The molecular formula is C14H28N4O. The summed E-state index contributed by atoms with van der Waals surface area (Å²) < 4.78 is 0. The number of likely N-dealkylation sites (N-methyl/N-ethyl adjacent to an activating group) is 3. The number of likely N-dealkylation sites (tertiary alicyclic amines) is 1. The molecule has 0 aromatic rings. The number of carbonyl (C=O) groups excluding carboxylic acids is 1. The van der Waals surface area contributed by atoms with Crippen LogP contribution in [0.2, 0.25) is 0 Å². The molecule has 1 aliphatic heterocycles. The van der Waals surface area contributed by atoms with Crippen LogP contribution >= 0.6 is 0 Å². The Morgan fingerprint density at radius 3 is 2.58 bits per heavy atom. The molecule has 3 N–H and O–H groups in total. The minimum Gasteiger partial charge on any atom is -0.368 e. The Hall–Kier alpha value is -0.650. The fourth-order valence-corrected chi connectivity index (χ4v) is 3.45. The maximum absolute atomic E-state index is 11.9. The number of nitrogens with zero attached hydrogens (tertiary/aromatic N) is 2. The lowest BCUT2D eigenvalue weighted by atomic mass is 9.91. The molecule has 2 aliphatic rings. The van der Waals surface area contributed by atoms with Crippen molar-refractivity contribution in [2.75, 3.05) is 40.8 Å². The molecule has 0 aromatic carbocycles. The fourth-order valence-electron chi connectivity index (χ4n) is 3.45. The van der Waals surface area contributed by atoms with Crippen molar-refractivity contribution in [3.8, 4) is 0 Å². The van der Waals surface area contributed by atoms with Crippen molar-refractivity contribution in [1.29, 1.82) is 0 Å². The van der Waals surface area contributed by atoms with Crippen molar-refractivity contribution in [1.82, 2.24) is 15.1 Å². The van der Waals surface area contributed by atoms with E-state index in [1.54, 1.807) is 0 Å². The highest BCUT2D eigenvalue weighted by Crippen LogP contribution is 2.40. The molecule has 2 unspecified atom stereocenters. The van der Waals surface area contributed by atoms with Gasteiger partial charge in [-0.3, -0.25) is 4.79 Å². The van der Waals surface area contributed by atoms with E-state index < -0.39 is 5.54 Å². The number of hydrogen-bond acceptors (Lipinski definition) is 4. The van der Waals surface area contributed by atoms with Crippen molar-refractivity contribution >= 4 is 5.91 Å². The lowest BCUT2D eigenvalue weighted by molar-refractivity contribution is -0.126. The summed E-state index contributed by atoms with van der Waals surface area (Å²) in [7, 11) is 6.15. The van der Waals surface area contributed by atoms with Crippen molar-refractivity contribution < 1.29 is 4.79 Å². The Balaban J connectivity index is 1.95. The summed E-state index contributed by atoms with van der Waals surface area (Å²) in [6.07, 6.45) is 4.76. The van der Waals surface area contributed by atoms with Crippen LogP contribution in [0.25, 0.3) is 0 Å². The highest BCUT2D eigenvalue weighted by atomic mass is 16.1. The summed E-state index contributed by atoms with van der Waals surface area (Å²) in [4.78, 5) is 16.6. The van der Waals surface area contributed by atoms with Gasteiger partial charge in [-0.25, -0.2) is 0 Å². The van der Waals surface area contributed by atoms with Gasteiger partial charge in [-0.2, -0.15) is 0 Å². The molecule has 1 amide bonds. The van der Waals surface area contributed by atoms with Gasteiger partial charge >= 0.3 is 0 Å². The van der Waals surface area contributed by atoms with Gasteiger partial charge < -0.3 is 20.9 Å². The monoisotopic (exact) mass is 268 g/mol. The smallest absolute Gasteiger partial charge is 0.239 e. The number of primary amides is 1. The first kappa shape index (κ1) is 14.8. The number of nitrogens with two attached hydrogens (primary N) is 1. The Morgan fingerprint density at radius 1 is 1.47 bits per heavy atom. The van der Waals surface area contributed by atoms with E-state index in [-0.39, 0.29) is 5.91 Å². The molecule has 110 valence electrons.